The van der Waals surface area contributed by atoms with Crippen LogP contribution in [0.15, 0.2) is 23.1 Å². The summed E-state index contributed by atoms with van der Waals surface area (Å²) in [7, 11) is -3.36. The molecule has 2 fully saturated rings. The Balaban J connectivity index is 1.88. The van der Waals surface area contributed by atoms with Crippen LogP contribution < -0.4 is 0 Å². The second kappa shape index (κ2) is 5.90. The Hall–Kier alpha value is -0.580. The van der Waals surface area contributed by atoms with Crippen LogP contribution >= 0.6 is 11.6 Å². The van der Waals surface area contributed by atoms with E-state index in [1.165, 1.54) is 19.3 Å². The van der Waals surface area contributed by atoms with E-state index in [1.54, 1.807) is 16.4 Å². The van der Waals surface area contributed by atoms with Gasteiger partial charge in [-0.1, -0.05) is 19.4 Å². The molecule has 116 valence electrons. The normalized spacial score (nSPS) is 26.2. The smallest absolute Gasteiger partial charge is 0.207 e. The summed E-state index contributed by atoms with van der Waals surface area (Å²) < 4.78 is 27.3. The van der Waals surface area contributed by atoms with Crippen molar-refractivity contribution in [2.45, 2.75) is 43.4 Å². The minimum Gasteiger partial charge on any atom is -0.207 e. The number of nitrogens with zero attached hydrogens (tertiary/aromatic N) is 1. The molecule has 0 bridgehead atoms. The van der Waals surface area contributed by atoms with Crippen LogP contribution in [0, 0.1) is 11.8 Å². The van der Waals surface area contributed by atoms with E-state index in [9.17, 15) is 8.42 Å². The summed E-state index contributed by atoms with van der Waals surface area (Å²) in [6, 6.07) is 5.40. The number of fused-ring (bicyclic) bond motifs is 1. The highest BCUT2D eigenvalue weighted by molar-refractivity contribution is 7.89. The quantitative estimate of drug-likeness (QED) is 0.795. The molecule has 0 N–H and O–H groups in total. The van der Waals surface area contributed by atoms with Gasteiger partial charge in [0.2, 0.25) is 10.0 Å². The molecule has 0 aromatic heterocycles. The molecule has 0 spiro atoms. The van der Waals surface area contributed by atoms with Crippen molar-refractivity contribution in [3.05, 3.63) is 29.3 Å². The zero-order chi connectivity index (χ0) is 15.0. The monoisotopic (exact) mass is 327 g/mol. The van der Waals surface area contributed by atoms with Crippen molar-refractivity contribution in [1.29, 1.82) is 0 Å². The third-order valence-corrected chi connectivity index (χ3v) is 7.15. The Labute approximate surface area is 132 Å². The molecular weight excluding hydrogens is 306 g/mol. The van der Waals surface area contributed by atoms with Crippen LogP contribution in [0.3, 0.4) is 0 Å². The van der Waals surface area contributed by atoms with Crippen LogP contribution in [0.5, 0.6) is 0 Å². The lowest BCUT2D eigenvalue weighted by Crippen LogP contribution is -2.29. The number of hydrogen-bond acceptors (Lipinski definition) is 2. The molecule has 1 saturated heterocycles. The summed E-state index contributed by atoms with van der Waals surface area (Å²) in [5.74, 6) is 1.50. The van der Waals surface area contributed by atoms with E-state index in [0.29, 0.717) is 35.7 Å². The van der Waals surface area contributed by atoms with E-state index in [2.05, 4.69) is 6.92 Å². The number of aryl methyl sites for hydroxylation is 1. The molecule has 1 aromatic rings. The number of rotatable bonds is 4. The summed E-state index contributed by atoms with van der Waals surface area (Å²) in [6.45, 7) is 3.44. The molecule has 1 saturated carbocycles. The molecule has 21 heavy (non-hydrogen) atoms. The molecule has 3 rings (SSSR count). The summed E-state index contributed by atoms with van der Waals surface area (Å²) in [4.78, 5) is 0.398. The Morgan fingerprint density at radius 2 is 1.86 bits per heavy atom. The van der Waals surface area contributed by atoms with Crippen molar-refractivity contribution in [3.8, 4) is 0 Å². The van der Waals surface area contributed by atoms with Gasteiger partial charge in [-0.2, -0.15) is 4.31 Å². The zero-order valence-electron chi connectivity index (χ0n) is 12.4. The number of sulfonamides is 1. The van der Waals surface area contributed by atoms with Gasteiger partial charge in [0.1, 0.15) is 0 Å². The van der Waals surface area contributed by atoms with Crippen molar-refractivity contribution in [3.63, 3.8) is 0 Å². The molecule has 1 aliphatic carbocycles. The molecule has 0 amide bonds. The minimum absolute atomic E-state index is 0.359. The van der Waals surface area contributed by atoms with Gasteiger partial charge in [0, 0.05) is 19.0 Å². The molecule has 1 aliphatic heterocycles. The first-order chi connectivity index (χ1) is 10.1. The van der Waals surface area contributed by atoms with Gasteiger partial charge in [-0.15, -0.1) is 11.6 Å². The lowest BCUT2D eigenvalue weighted by molar-refractivity contribution is 0.445. The largest absolute Gasteiger partial charge is 0.243 e. The number of hydrogen-bond donors (Lipinski definition) is 0. The predicted octanol–water partition coefficient (Wildman–Crippen LogP) is 3.41. The number of benzene rings is 1. The van der Waals surface area contributed by atoms with Gasteiger partial charge in [-0.25, -0.2) is 8.42 Å². The fourth-order valence-corrected chi connectivity index (χ4v) is 5.62. The van der Waals surface area contributed by atoms with Gasteiger partial charge in [-0.05, 0) is 54.4 Å². The lowest BCUT2D eigenvalue weighted by atomic mass is 10.0. The van der Waals surface area contributed by atoms with Crippen LogP contribution in [0.2, 0.25) is 0 Å². The maximum Gasteiger partial charge on any atom is 0.243 e. The molecule has 3 nitrogen and oxygen atoms in total. The second-order valence-corrected chi connectivity index (χ2v) is 8.40. The van der Waals surface area contributed by atoms with E-state index in [0.717, 1.165) is 17.5 Å². The van der Waals surface area contributed by atoms with Crippen LogP contribution in [0.1, 0.15) is 37.3 Å². The van der Waals surface area contributed by atoms with Crippen LogP contribution in [-0.4, -0.2) is 25.8 Å². The molecule has 0 radical (unpaired) electrons. The van der Waals surface area contributed by atoms with Gasteiger partial charge >= 0.3 is 0 Å². The SMILES string of the molecule is CCc1ccc(S(=O)(=O)N2CC3CCCC3C2)cc1CCl. The summed E-state index contributed by atoms with van der Waals surface area (Å²) in [6.07, 6.45) is 4.48. The first-order valence-corrected chi connectivity index (χ1v) is 9.71. The Morgan fingerprint density at radius 1 is 1.19 bits per heavy atom. The lowest BCUT2D eigenvalue weighted by Gasteiger charge is -2.18. The van der Waals surface area contributed by atoms with Gasteiger partial charge in [-0.3, -0.25) is 0 Å². The summed E-state index contributed by atoms with van der Waals surface area (Å²) in [5, 5.41) is 0. The van der Waals surface area contributed by atoms with Crippen molar-refractivity contribution < 1.29 is 8.42 Å². The fraction of sp³-hybridized carbons (Fsp3) is 0.625. The zero-order valence-corrected chi connectivity index (χ0v) is 14.0. The van der Waals surface area contributed by atoms with Crippen LogP contribution in [0.25, 0.3) is 0 Å². The number of alkyl halides is 1. The third-order valence-electron chi connectivity index (χ3n) is 5.03. The van der Waals surface area contributed by atoms with Crippen molar-refractivity contribution in [2.24, 2.45) is 11.8 Å². The van der Waals surface area contributed by atoms with Crippen molar-refractivity contribution in [2.75, 3.05) is 13.1 Å². The average molecular weight is 328 g/mol. The molecule has 1 heterocycles. The first-order valence-electron chi connectivity index (χ1n) is 7.74. The minimum atomic E-state index is -3.36. The van der Waals surface area contributed by atoms with Gasteiger partial charge in [0.25, 0.3) is 0 Å². The molecule has 1 aromatic carbocycles. The average Bonchev–Trinajstić information content (AvgIpc) is 3.07. The van der Waals surface area contributed by atoms with Gasteiger partial charge in [0.15, 0.2) is 0 Å². The highest BCUT2D eigenvalue weighted by Crippen LogP contribution is 2.39. The molecule has 2 atom stereocenters. The molecular formula is C16H22ClNO2S. The fourth-order valence-electron chi connectivity index (χ4n) is 3.77. The maximum absolute atomic E-state index is 12.8. The van der Waals surface area contributed by atoms with Crippen LogP contribution in [0.4, 0.5) is 0 Å². The Bertz CT molecular complexity index is 617. The molecule has 2 aliphatic rings. The van der Waals surface area contributed by atoms with E-state index in [4.69, 9.17) is 11.6 Å². The highest BCUT2D eigenvalue weighted by atomic mass is 35.5. The maximum atomic E-state index is 12.8. The summed E-state index contributed by atoms with van der Waals surface area (Å²) in [5.41, 5.74) is 2.06. The van der Waals surface area contributed by atoms with E-state index in [1.807, 2.05) is 6.07 Å². The van der Waals surface area contributed by atoms with Crippen LogP contribution in [-0.2, 0) is 22.3 Å². The Morgan fingerprint density at radius 3 is 2.43 bits per heavy atom. The summed E-state index contributed by atoms with van der Waals surface area (Å²) >= 11 is 5.96. The number of halogens is 1. The highest BCUT2D eigenvalue weighted by Gasteiger charge is 2.41. The van der Waals surface area contributed by atoms with Crippen molar-refractivity contribution >= 4 is 21.6 Å². The molecule has 5 heteroatoms. The van der Waals surface area contributed by atoms with Gasteiger partial charge < -0.3 is 0 Å². The van der Waals surface area contributed by atoms with E-state index in [-0.39, 0.29) is 0 Å². The standard InChI is InChI=1S/C16H22ClNO2S/c1-2-12-6-7-16(8-15(12)9-17)21(19,20)18-10-13-4-3-5-14(13)11-18/h6-8,13-14H,2-5,9-11H2,1H3. The van der Waals surface area contributed by atoms with Crippen molar-refractivity contribution in [1.82, 2.24) is 4.31 Å². The predicted molar refractivity (Wildman–Crippen MR) is 85.0 cm³/mol. The topological polar surface area (TPSA) is 37.4 Å². The molecule has 2 unspecified atom stereocenters. The van der Waals surface area contributed by atoms with E-state index >= 15 is 0 Å². The third kappa shape index (κ3) is 2.73. The van der Waals surface area contributed by atoms with Gasteiger partial charge in [0.05, 0.1) is 4.90 Å². The Kier molecular flexibility index (Phi) is 4.30. The second-order valence-electron chi connectivity index (χ2n) is 6.19. The first kappa shape index (κ1) is 15.3. The van der Waals surface area contributed by atoms with E-state index < -0.39 is 10.0 Å².